The van der Waals surface area contributed by atoms with Crippen molar-refractivity contribution in [1.82, 2.24) is 24.5 Å². The largest absolute Gasteiger partial charge is 0.383 e. The zero-order chi connectivity index (χ0) is 23.7. The normalized spacial score (nSPS) is 11.3. The number of amides is 1. The Morgan fingerprint density at radius 1 is 1.21 bits per heavy atom. The first-order valence-electron chi connectivity index (χ1n) is 10.1. The summed E-state index contributed by atoms with van der Waals surface area (Å²) in [6.45, 7) is 4.49. The SMILES string of the molecule is COCCNC(=O)Cc1csc2nc(C)c(-c3cc(C)n(-c4ccc(Cl)c(Cl)c4)n3)c(=O)n12. The minimum absolute atomic E-state index is 0.0601. The van der Waals surface area contributed by atoms with Crippen LogP contribution in [0.1, 0.15) is 17.1 Å². The number of hydrogen-bond acceptors (Lipinski definition) is 6. The molecule has 1 aromatic carbocycles. The fourth-order valence-corrected chi connectivity index (χ4v) is 4.74. The number of thiazole rings is 1. The molecule has 0 bridgehead atoms. The molecule has 3 heterocycles. The van der Waals surface area contributed by atoms with Crippen molar-refractivity contribution < 1.29 is 9.53 Å². The molecule has 0 saturated heterocycles. The first-order chi connectivity index (χ1) is 15.8. The molecule has 11 heteroatoms. The molecule has 0 radical (unpaired) electrons. The molecule has 0 unspecified atom stereocenters. The van der Waals surface area contributed by atoms with Crippen LogP contribution in [0.4, 0.5) is 0 Å². The summed E-state index contributed by atoms with van der Waals surface area (Å²) in [4.78, 5) is 30.9. The number of rotatable bonds is 7. The number of aryl methyl sites for hydroxylation is 2. The van der Waals surface area contributed by atoms with Gasteiger partial charge in [-0.1, -0.05) is 23.2 Å². The maximum atomic E-state index is 13.5. The van der Waals surface area contributed by atoms with Crippen molar-refractivity contribution in [3.05, 3.63) is 67.1 Å². The van der Waals surface area contributed by atoms with Crippen LogP contribution in [0.15, 0.2) is 34.4 Å². The number of aromatic nitrogens is 4. The van der Waals surface area contributed by atoms with Gasteiger partial charge in [0.15, 0.2) is 4.96 Å². The summed E-state index contributed by atoms with van der Waals surface area (Å²) in [6.07, 6.45) is 0.0601. The van der Waals surface area contributed by atoms with Crippen LogP contribution < -0.4 is 10.9 Å². The number of hydrogen-bond donors (Lipinski definition) is 1. The van der Waals surface area contributed by atoms with E-state index in [2.05, 4.69) is 15.4 Å². The van der Waals surface area contributed by atoms with E-state index in [9.17, 15) is 9.59 Å². The molecule has 3 aromatic heterocycles. The molecule has 1 N–H and O–H groups in total. The second kappa shape index (κ2) is 9.64. The Bertz CT molecular complexity index is 1410. The number of benzene rings is 1. The van der Waals surface area contributed by atoms with Gasteiger partial charge in [-0.3, -0.25) is 14.0 Å². The highest BCUT2D eigenvalue weighted by molar-refractivity contribution is 7.15. The van der Waals surface area contributed by atoms with Gasteiger partial charge in [0.1, 0.15) is 5.69 Å². The van der Waals surface area contributed by atoms with E-state index in [0.717, 1.165) is 11.4 Å². The maximum absolute atomic E-state index is 13.5. The number of methoxy groups -OCH3 is 1. The van der Waals surface area contributed by atoms with Crippen LogP contribution in [0.5, 0.6) is 0 Å². The molecule has 0 aliphatic rings. The highest BCUT2D eigenvalue weighted by atomic mass is 35.5. The Hall–Kier alpha value is -2.72. The van der Waals surface area contributed by atoms with Crippen LogP contribution in [0.2, 0.25) is 10.0 Å². The molecule has 4 aromatic rings. The summed E-state index contributed by atoms with van der Waals surface area (Å²) < 4.78 is 8.13. The van der Waals surface area contributed by atoms with E-state index >= 15 is 0 Å². The predicted octanol–water partition coefficient (Wildman–Crippen LogP) is 3.84. The van der Waals surface area contributed by atoms with Crippen molar-refractivity contribution in [2.75, 3.05) is 20.3 Å². The van der Waals surface area contributed by atoms with Gasteiger partial charge in [-0.2, -0.15) is 5.10 Å². The lowest BCUT2D eigenvalue weighted by Gasteiger charge is -2.07. The Kier molecular flexibility index (Phi) is 6.85. The summed E-state index contributed by atoms with van der Waals surface area (Å²) >= 11 is 13.5. The third kappa shape index (κ3) is 4.67. The number of halogens is 2. The van der Waals surface area contributed by atoms with Gasteiger partial charge in [0.2, 0.25) is 5.91 Å². The Balaban J connectivity index is 1.75. The number of carbonyl (C=O) groups is 1. The molecule has 172 valence electrons. The molecule has 0 atom stereocenters. The summed E-state index contributed by atoms with van der Waals surface area (Å²) in [6, 6.07) is 7.04. The molecule has 1 amide bonds. The Labute approximate surface area is 203 Å². The second-order valence-corrected chi connectivity index (χ2v) is 9.07. The summed E-state index contributed by atoms with van der Waals surface area (Å²) in [7, 11) is 1.57. The van der Waals surface area contributed by atoms with Crippen molar-refractivity contribution >= 4 is 45.4 Å². The number of fused-ring (bicyclic) bond motifs is 1. The van der Waals surface area contributed by atoms with Crippen molar-refractivity contribution in [2.45, 2.75) is 20.3 Å². The smallest absolute Gasteiger partial charge is 0.268 e. The van der Waals surface area contributed by atoms with Gasteiger partial charge < -0.3 is 10.1 Å². The minimum atomic E-state index is -0.266. The van der Waals surface area contributed by atoms with Crippen molar-refractivity contribution in [3.63, 3.8) is 0 Å². The standard InChI is InChI=1S/C22H21Cl2N5O3S/c1-12-8-18(27-29(12)14-4-5-16(23)17(24)9-14)20-13(2)26-22-28(21(20)31)15(11-33-22)10-19(30)25-6-7-32-3/h4-5,8-9,11H,6-7,10H2,1-3H3,(H,25,30). The third-order valence-electron chi connectivity index (χ3n) is 5.08. The first-order valence-corrected chi connectivity index (χ1v) is 11.7. The van der Waals surface area contributed by atoms with Crippen LogP contribution in [0, 0.1) is 13.8 Å². The average Bonchev–Trinajstić information content (AvgIpc) is 3.33. The topological polar surface area (TPSA) is 90.5 Å². The molecule has 0 aliphatic carbocycles. The van der Waals surface area contributed by atoms with Crippen LogP contribution >= 0.6 is 34.5 Å². The third-order valence-corrected chi connectivity index (χ3v) is 6.70. The number of nitrogens with zero attached hydrogens (tertiary/aromatic N) is 4. The molecule has 33 heavy (non-hydrogen) atoms. The number of ether oxygens (including phenoxy) is 1. The van der Waals surface area contributed by atoms with E-state index in [1.54, 1.807) is 42.3 Å². The molecule has 0 fully saturated rings. The lowest BCUT2D eigenvalue weighted by Crippen LogP contribution is -2.30. The van der Waals surface area contributed by atoms with E-state index < -0.39 is 0 Å². The fraction of sp³-hybridized carbons (Fsp3) is 0.273. The highest BCUT2D eigenvalue weighted by Crippen LogP contribution is 2.27. The van der Waals surface area contributed by atoms with E-state index in [1.165, 1.54) is 15.7 Å². The quantitative estimate of drug-likeness (QED) is 0.385. The van der Waals surface area contributed by atoms with E-state index in [4.69, 9.17) is 27.9 Å². The zero-order valence-electron chi connectivity index (χ0n) is 18.2. The van der Waals surface area contributed by atoms with E-state index in [1.807, 2.05) is 13.0 Å². The molecule has 0 saturated carbocycles. The van der Waals surface area contributed by atoms with Crippen LogP contribution in [-0.2, 0) is 16.0 Å². The molecule has 4 rings (SSSR count). The molecular weight excluding hydrogens is 485 g/mol. The molecular formula is C22H21Cl2N5O3S. The lowest BCUT2D eigenvalue weighted by atomic mass is 10.1. The van der Waals surface area contributed by atoms with Crippen molar-refractivity contribution in [2.24, 2.45) is 0 Å². The summed E-state index contributed by atoms with van der Waals surface area (Å²) in [5, 5.41) is 10.1. The minimum Gasteiger partial charge on any atom is -0.383 e. The average molecular weight is 506 g/mol. The van der Waals surface area contributed by atoms with Crippen molar-refractivity contribution in [3.8, 4) is 16.9 Å². The maximum Gasteiger partial charge on any atom is 0.268 e. The summed E-state index contributed by atoms with van der Waals surface area (Å²) in [5.74, 6) is -0.194. The molecule has 8 nitrogen and oxygen atoms in total. The highest BCUT2D eigenvalue weighted by Gasteiger charge is 2.20. The van der Waals surface area contributed by atoms with Gasteiger partial charge in [-0.25, -0.2) is 9.67 Å². The van der Waals surface area contributed by atoms with Crippen LogP contribution in [-0.4, -0.2) is 45.3 Å². The van der Waals surface area contributed by atoms with Gasteiger partial charge >= 0.3 is 0 Å². The van der Waals surface area contributed by atoms with Gasteiger partial charge in [0.05, 0.1) is 40.0 Å². The van der Waals surface area contributed by atoms with Gasteiger partial charge in [-0.05, 0) is 38.1 Å². The number of nitrogens with one attached hydrogen (secondary N) is 1. The summed E-state index contributed by atoms with van der Waals surface area (Å²) in [5.41, 5.74) is 3.29. The Morgan fingerprint density at radius 3 is 2.73 bits per heavy atom. The molecule has 0 spiro atoms. The van der Waals surface area contributed by atoms with E-state index in [-0.39, 0.29) is 17.9 Å². The second-order valence-electron chi connectivity index (χ2n) is 7.42. The van der Waals surface area contributed by atoms with Crippen LogP contribution in [0.25, 0.3) is 21.9 Å². The van der Waals surface area contributed by atoms with Gasteiger partial charge in [0, 0.05) is 30.4 Å². The first kappa shape index (κ1) is 23.4. The lowest BCUT2D eigenvalue weighted by molar-refractivity contribution is -0.120. The fourth-order valence-electron chi connectivity index (χ4n) is 3.52. The van der Waals surface area contributed by atoms with Crippen molar-refractivity contribution in [1.29, 1.82) is 0 Å². The molecule has 0 aliphatic heterocycles. The number of carbonyl (C=O) groups excluding carboxylic acids is 1. The predicted molar refractivity (Wildman–Crippen MR) is 130 cm³/mol. The van der Waals surface area contributed by atoms with Crippen LogP contribution in [0.3, 0.4) is 0 Å². The van der Waals surface area contributed by atoms with Gasteiger partial charge in [0.25, 0.3) is 5.56 Å². The van der Waals surface area contributed by atoms with Gasteiger partial charge in [-0.15, -0.1) is 11.3 Å². The monoisotopic (exact) mass is 505 g/mol. The zero-order valence-corrected chi connectivity index (χ0v) is 20.5. The van der Waals surface area contributed by atoms with E-state index in [0.29, 0.717) is 50.8 Å². The Morgan fingerprint density at radius 2 is 2.00 bits per heavy atom.